The predicted octanol–water partition coefficient (Wildman–Crippen LogP) is 13.0. The molecule has 42 heavy (non-hydrogen) atoms. The average Bonchev–Trinajstić information content (AvgIpc) is 3.53. The highest BCUT2D eigenvalue weighted by Gasteiger charge is 2.19. The van der Waals surface area contributed by atoms with Crippen molar-refractivity contribution in [1.29, 1.82) is 0 Å². The molecule has 8 aromatic rings. The molecule has 2 aromatic heterocycles. The fourth-order valence-electron chi connectivity index (χ4n) is 6.49. The highest BCUT2D eigenvalue weighted by Crippen LogP contribution is 2.45. The van der Waals surface area contributed by atoms with Crippen LogP contribution in [0.3, 0.4) is 0 Å². The van der Waals surface area contributed by atoms with Gasteiger partial charge >= 0.3 is 0 Å². The van der Waals surface area contributed by atoms with Gasteiger partial charge in [0.05, 0.1) is 0 Å². The van der Waals surface area contributed by atoms with E-state index >= 15 is 0 Å². The van der Waals surface area contributed by atoms with E-state index in [9.17, 15) is 0 Å². The van der Waals surface area contributed by atoms with Crippen molar-refractivity contribution in [2.24, 2.45) is 0 Å². The molecule has 0 aliphatic rings. The third-order valence-corrected chi connectivity index (χ3v) is 11.4. The van der Waals surface area contributed by atoms with Crippen LogP contribution in [-0.2, 0) is 10.8 Å². The SMILES string of the molecule is CC(C)(C)c1ccc2c(c1)sc1c3ccccc3c(-c3ccc4ccc5c6cc(C(C)(C)C)ccc6sc5c4c3)cc21. The van der Waals surface area contributed by atoms with Crippen molar-refractivity contribution < 1.29 is 0 Å². The standard InChI is InChI=1S/C40H34S2/c1-39(2,3)25-15-18-35-33(20-25)30-16-13-23-11-12-24(19-32(23)37(30)41-35)31-22-34-28-17-14-26(40(4,5)6)21-36(28)42-38(34)29-10-8-7-9-27(29)31/h7-22H,1-6H3. The molecule has 0 radical (unpaired) electrons. The molecule has 0 aliphatic heterocycles. The number of hydrogen-bond acceptors (Lipinski definition) is 2. The molecular weight excluding hydrogens is 545 g/mol. The van der Waals surface area contributed by atoms with E-state index in [0.29, 0.717) is 0 Å². The molecule has 0 nitrogen and oxygen atoms in total. The van der Waals surface area contributed by atoms with Gasteiger partial charge in [-0.05, 0) is 74.2 Å². The first-order valence-corrected chi connectivity index (χ1v) is 16.5. The smallest absolute Gasteiger partial charge is 0.0434 e. The summed E-state index contributed by atoms with van der Waals surface area (Å²) in [6, 6.07) is 37.3. The lowest BCUT2D eigenvalue weighted by atomic mass is 9.86. The normalized spacial score (nSPS) is 13.0. The van der Waals surface area contributed by atoms with Gasteiger partial charge in [0.1, 0.15) is 0 Å². The molecule has 2 heterocycles. The monoisotopic (exact) mass is 578 g/mol. The fraction of sp³-hybridized carbons (Fsp3) is 0.200. The highest BCUT2D eigenvalue weighted by molar-refractivity contribution is 7.27. The van der Waals surface area contributed by atoms with Gasteiger partial charge in [0.25, 0.3) is 0 Å². The summed E-state index contributed by atoms with van der Waals surface area (Å²) >= 11 is 3.87. The van der Waals surface area contributed by atoms with Gasteiger partial charge < -0.3 is 0 Å². The number of fused-ring (bicyclic) bond motifs is 10. The van der Waals surface area contributed by atoms with E-state index in [-0.39, 0.29) is 10.8 Å². The van der Waals surface area contributed by atoms with Crippen molar-refractivity contribution in [3.05, 3.63) is 108 Å². The summed E-state index contributed by atoms with van der Waals surface area (Å²) in [6.45, 7) is 13.8. The number of hydrogen-bond donors (Lipinski definition) is 0. The quantitative estimate of drug-likeness (QED) is 0.182. The van der Waals surface area contributed by atoms with Gasteiger partial charge in [0.15, 0.2) is 0 Å². The second kappa shape index (κ2) is 8.89. The zero-order chi connectivity index (χ0) is 29.0. The molecule has 0 spiro atoms. The maximum atomic E-state index is 2.45. The maximum Gasteiger partial charge on any atom is 0.0434 e. The maximum absolute atomic E-state index is 2.45. The fourth-order valence-corrected chi connectivity index (χ4v) is 8.96. The topological polar surface area (TPSA) is 0 Å². The minimum absolute atomic E-state index is 0.131. The van der Waals surface area contributed by atoms with Gasteiger partial charge in [-0.2, -0.15) is 0 Å². The van der Waals surface area contributed by atoms with Crippen molar-refractivity contribution in [2.75, 3.05) is 0 Å². The lowest BCUT2D eigenvalue weighted by Crippen LogP contribution is -2.10. The molecule has 0 unspecified atom stereocenters. The van der Waals surface area contributed by atoms with E-state index in [1.165, 1.54) is 84.1 Å². The van der Waals surface area contributed by atoms with Crippen LogP contribution in [0.25, 0.3) is 73.0 Å². The Labute approximate surface area is 255 Å². The van der Waals surface area contributed by atoms with E-state index in [1.807, 2.05) is 22.7 Å². The van der Waals surface area contributed by atoms with Gasteiger partial charge in [-0.3, -0.25) is 0 Å². The van der Waals surface area contributed by atoms with Crippen molar-refractivity contribution >= 4 is 84.6 Å². The largest absolute Gasteiger partial charge is 0.135 e. The van der Waals surface area contributed by atoms with Crippen LogP contribution in [0.5, 0.6) is 0 Å². The molecular formula is C40H34S2. The van der Waals surface area contributed by atoms with Crippen molar-refractivity contribution in [3.8, 4) is 11.1 Å². The Kier molecular flexibility index (Phi) is 5.49. The first kappa shape index (κ1) is 25.9. The molecule has 0 saturated heterocycles. The van der Waals surface area contributed by atoms with Crippen molar-refractivity contribution in [2.45, 2.75) is 52.4 Å². The lowest BCUT2D eigenvalue weighted by molar-refractivity contribution is 0.591. The molecule has 0 fully saturated rings. The number of rotatable bonds is 1. The molecule has 0 aliphatic carbocycles. The van der Waals surface area contributed by atoms with Gasteiger partial charge in [0, 0.05) is 51.1 Å². The van der Waals surface area contributed by atoms with Gasteiger partial charge in [-0.15, -0.1) is 22.7 Å². The van der Waals surface area contributed by atoms with Crippen LogP contribution >= 0.6 is 22.7 Å². The Bertz CT molecular complexity index is 2360. The first-order valence-electron chi connectivity index (χ1n) is 14.8. The minimum atomic E-state index is 0.131. The van der Waals surface area contributed by atoms with Gasteiger partial charge in [-0.1, -0.05) is 108 Å². The summed E-state index contributed by atoms with van der Waals surface area (Å²) in [6.07, 6.45) is 0. The summed E-state index contributed by atoms with van der Waals surface area (Å²) in [5, 5.41) is 10.8. The van der Waals surface area contributed by atoms with Crippen LogP contribution in [0.1, 0.15) is 52.7 Å². The molecule has 2 heteroatoms. The summed E-state index contributed by atoms with van der Waals surface area (Å²) in [5.74, 6) is 0. The Balaban J connectivity index is 1.39. The molecule has 0 atom stereocenters. The average molecular weight is 579 g/mol. The molecule has 0 N–H and O–H groups in total. The minimum Gasteiger partial charge on any atom is -0.135 e. The molecule has 6 aromatic carbocycles. The van der Waals surface area contributed by atoms with Crippen LogP contribution in [-0.4, -0.2) is 0 Å². The van der Waals surface area contributed by atoms with Crippen LogP contribution < -0.4 is 0 Å². The second-order valence-corrected chi connectivity index (χ2v) is 16.0. The Hall–Kier alpha value is -3.72. The second-order valence-electron chi connectivity index (χ2n) is 13.9. The van der Waals surface area contributed by atoms with E-state index in [2.05, 4.69) is 139 Å². The molecule has 0 bridgehead atoms. The highest BCUT2D eigenvalue weighted by atomic mass is 32.1. The Morgan fingerprint density at radius 3 is 1.83 bits per heavy atom. The van der Waals surface area contributed by atoms with E-state index < -0.39 is 0 Å². The third-order valence-electron chi connectivity index (χ3n) is 8.98. The summed E-state index contributed by atoms with van der Waals surface area (Å²) < 4.78 is 5.51. The van der Waals surface area contributed by atoms with E-state index in [0.717, 1.165) is 0 Å². The third kappa shape index (κ3) is 3.92. The Morgan fingerprint density at radius 1 is 0.429 bits per heavy atom. The zero-order valence-corrected chi connectivity index (χ0v) is 26.7. The van der Waals surface area contributed by atoms with Crippen LogP contribution in [0.15, 0.2) is 97.1 Å². The summed E-state index contributed by atoms with van der Waals surface area (Å²) in [7, 11) is 0. The molecule has 8 rings (SSSR count). The summed E-state index contributed by atoms with van der Waals surface area (Å²) in [5.41, 5.74) is 5.64. The number of thiophene rings is 2. The predicted molar refractivity (Wildman–Crippen MR) is 190 cm³/mol. The van der Waals surface area contributed by atoms with Crippen LogP contribution in [0.2, 0.25) is 0 Å². The molecule has 206 valence electrons. The van der Waals surface area contributed by atoms with Crippen molar-refractivity contribution in [1.82, 2.24) is 0 Å². The van der Waals surface area contributed by atoms with Crippen LogP contribution in [0, 0.1) is 0 Å². The zero-order valence-electron chi connectivity index (χ0n) is 25.1. The van der Waals surface area contributed by atoms with Gasteiger partial charge in [0.2, 0.25) is 0 Å². The Morgan fingerprint density at radius 2 is 1.05 bits per heavy atom. The lowest BCUT2D eigenvalue weighted by Gasteiger charge is -2.18. The molecule has 0 amide bonds. The van der Waals surface area contributed by atoms with Crippen LogP contribution in [0.4, 0.5) is 0 Å². The summed E-state index contributed by atoms with van der Waals surface area (Å²) in [4.78, 5) is 0. The van der Waals surface area contributed by atoms with E-state index in [4.69, 9.17) is 0 Å². The number of benzene rings is 6. The first-order chi connectivity index (χ1) is 20.1. The van der Waals surface area contributed by atoms with Crippen molar-refractivity contribution in [3.63, 3.8) is 0 Å². The molecule has 0 saturated carbocycles. The van der Waals surface area contributed by atoms with Gasteiger partial charge in [-0.25, -0.2) is 0 Å². The van der Waals surface area contributed by atoms with E-state index in [1.54, 1.807) is 0 Å².